The number of aldehydes is 2. The van der Waals surface area contributed by atoms with Crippen LogP contribution in [0.2, 0.25) is 5.02 Å². The normalized spacial score (nSPS) is 13.5. The molecule has 76 heavy (non-hydrogen) atoms. The van der Waals surface area contributed by atoms with Gasteiger partial charge in [0.25, 0.3) is 0 Å². The van der Waals surface area contributed by atoms with Crippen molar-refractivity contribution < 1.29 is 33.5 Å². The first-order chi connectivity index (χ1) is 36.6. The first-order valence-corrected chi connectivity index (χ1v) is 26.5. The van der Waals surface area contributed by atoms with Crippen LogP contribution >= 0.6 is 11.6 Å². The van der Waals surface area contributed by atoms with E-state index in [1.165, 1.54) is 6.07 Å². The zero-order valence-electron chi connectivity index (χ0n) is 45.1. The molecule has 0 spiro atoms. The first-order valence-electron chi connectivity index (χ1n) is 26.1. The van der Waals surface area contributed by atoms with Crippen molar-refractivity contribution in [1.82, 2.24) is 25.1 Å². The number of rotatable bonds is 24. The fourth-order valence-corrected chi connectivity index (χ4v) is 9.40. The van der Waals surface area contributed by atoms with E-state index in [1.54, 1.807) is 41.3 Å². The van der Waals surface area contributed by atoms with Gasteiger partial charge in [0.15, 0.2) is 12.6 Å². The number of nitrogens with zero attached hydrogens (tertiary/aromatic N) is 6. The van der Waals surface area contributed by atoms with Crippen molar-refractivity contribution in [2.45, 2.75) is 80.1 Å². The van der Waals surface area contributed by atoms with Crippen LogP contribution in [0.25, 0.3) is 46.6 Å². The lowest BCUT2D eigenvalue weighted by atomic mass is 9.96. The molecule has 0 atom stereocenters. The van der Waals surface area contributed by atoms with Crippen LogP contribution in [0, 0.1) is 5.82 Å². The number of aliphatic imine (C=N–C) groups is 2. The van der Waals surface area contributed by atoms with Crippen molar-refractivity contribution in [2.24, 2.45) is 15.7 Å². The minimum Gasteiger partial charge on any atom is -0.395 e. The number of carbonyl (C=O) groups is 4. The Morgan fingerprint density at radius 1 is 0.671 bits per heavy atom. The molecule has 2 amide bonds. The quantitative estimate of drug-likeness (QED) is 0.0348. The highest BCUT2D eigenvalue weighted by Crippen LogP contribution is 2.39. The van der Waals surface area contributed by atoms with Crippen LogP contribution in [-0.4, -0.2) is 127 Å². The van der Waals surface area contributed by atoms with Gasteiger partial charge in [-0.1, -0.05) is 63.6 Å². The molecule has 0 aromatic heterocycles. The van der Waals surface area contributed by atoms with Crippen molar-refractivity contribution in [3.8, 4) is 22.3 Å². The second-order valence-corrected chi connectivity index (χ2v) is 19.6. The summed E-state index contributed by atoms with van der Waals surface area (Å²) in [5.41, 5.74) is 18.6. The van der Waals surface area contributed by atoms with Gasteiger partial charge in [0.05, 0.1) is 29.6 Å². The van der Waals surface area contributed by atoms with E-state index in [2.05, 4.69) is 10.5 Å². The molecule has 0 unspecified atom stereocenters. The minimum absolute atomic E-state index is 0.0299. The molecule has 0 aliphatic carbocycles. The third-order valence-corrected chi connectivity index (χ3v) is 13.7. The van der Waals surface area contributed by atoms with Crippen LogP contribution in [0.1, 0.15) is 123 Å². The average molecular weight is 1060 g/mol. The molecule has 4 aromatic carbocycles. The summed E-state index contributed by atoms with van der Waals surface area (Å²) in [6, 6.07) is 17.7. The van der Waals surface area contributed by atoms with E-state index in [0.29, 0.717) is 117 Å². The van der Waals surface area contributed by atoms with Crippen LogP contribution in [0.4, 0.5) is 15.8 Å². The van der Waals surface area contributed by atoms with E-state index in [1.807, 2.05) is 113 Å². The van der Waals surface area contributed by atoms with E-state index < -0.39 is 5.82 Å². The number of allylic oxidation sites excluding steroid dienone is 2. The Morgan fingerprint density at radius 3 is 1.67 bits per heavy atom. The number of nitrogens with one attached hydrogen (secondary N) is 1. The Hall–Kier alpha value is -7.20. The summed E-state index contributed by atoms with van der Waals surface area (Å²) in [5.74, 6) is -0.223. The second kappa shape index (κ2) is 27.5. The summed E-state index contributed by atoms with van der Waals surface area (Å²) in [4.78, 5) is 75.3. The average Bonchev–Trinajstić information content (AvgIpc) is 3.71. The zero-order valence-corrected chi connectivity index (χ0v) is 45.9. The number of hydroxylamine groups is 1. The molecule has 2 heterocycles. The molecule has 16 heteroatoms. The Labute approximate surface area is 452 Å². The largest absolute Gasteiger partial charge is 0.395 e. The Morgan fingerprint density at radius 2 is 1.16 bits per heavy atom. The van der Waals surface area contributed by atoms with E-state index in [-0.39, 0.29) is 43.4 Å². The number of hydrogen-bond donors (Lipinski definition) is 3. The van der Waals surface area contributed by atoms with Crippen LogP contribution in [-0.2, 0) is 14.4 Å². The van der Waals surface area contributed by atoms with Crippen molar-refractivity contribution >= 4 is 83.3 Å². The van der Waals surface area contributed by atoms with Crippen LogP contribution < -0.4 is 11.2 Å². The van der Waals surface area contributed by atoms with Gasteiger partial charge in [0.2, 0.25) is 11.8 Å². The number of nitrogens with two attached hydrogens (primary N) is 1. The number of carbonyl (C=O) groups excluding carboxylic acids is 4. The molecular weight excluding hydrogens is 983 g/mol. The van der Waals surface area contributed by atoms with Gasteiger partial charge in [-0.3, -0.25) is 29.5 Å². The molecule has 0 saturated heterocycles. The van der Waals surface area contributed by atoms with Gasteiger partial charge >= 0.3 is 0 Å². The van der Waals surface area contributed by atoms with E-state index in [0.717, 1.165) is 60.8 Å². The molecule has 0 saturated carbocycles. The Balaban J connectivity index is 1.23. The van der Waals surface area contributed by atoms with E-state index in [9.17, 15) is 24.3 Å². The molecule has 4 N–H and O–H groups in total. The number of halogens is 2. The van der Waals surface area contributed by atoms with E-state index >= 15 is 4.39 Å². The van der Waals surface area contributed by atoms with Crippen molar-refractivity contribution in [3.63, 3.8) is 0 Å². The minimum atomic E-state index is -0.563. The molecular formula is C60H72ClFN8O6. The maximum Gasteiger partial charge on any atom is 0.250 e. The van der Waals surface area contributed by atoms with Crippen LogP contribution in [0.15, 0.2) is 93.2 Å². The van der Waals surface area contributed by atoms with E-state index in [4.69, 9.17) is 27.2 Å². The molecule has 0 fully saturated rings. The number of hydrogen-bond acceptors (Lipinski definition) is 12. The standard InChI is InChI=1S/C60H72ClFN8O6/c1-9-17-69(18-10-2)59(74)49-29-51-53(61)31-47(33-55(51)64-57(63)35-49)41-13-15-43(37-72)46(27-41)26-40(6)68(8)22-24-76-66-58-36-50(60(75)70(19-11-3)20-12-4)30-52-54(62)32-48(34-56(52)65-58)42-14-16-44(38-73)45(28-42)25-39(5)67(7)21-23-71/h13-16,25-34,37-38,71H,9-12,17-24,35-36H2,1-8H3,(H2,63,64)(H,65,66)/b39-25-,40-26-. The van der Waals surface area contributed by atoms with Crippen molar-refractivity contribution in [1.29, 1.82) is 0 Å². The third-order valence-electron chi connectivity index (χ3n) is 13.4. The lowest BCUT2D eigenvalue weighted by molar-refractivity contribution is -0.128. The molecule has 2 aliphatic rings. The zero-order chi connectivity index (χ0) is 55.1. The fourth-order valence-electron chi connectivity index (χ4n) is 9.13. The second-order valence-electron chi connectivity index (χ2n) is 19.2. The first kappa shape index (κ1) is 58.1. The van der Waals surface area contributed by atoms with Gasteiger partial charge < -0.3 is 30.4 Å². The fraction of sp³-hybridized carbons (Fsp3) is 0.367. The number of benzene rings is 4. The summed E-state index contributed by atoms with van der Waals surface area (Å²) >= 11 is 6.96. The van der Waals surface area contributed by atoms with Gasteiger partial charge in [-0.15, -0.1) is 0 Å². The molecule has 4 aromatic rings. The van der Waals surface area contributed by atoms with Crippen LogP contribution in [0.3, 0.4) is 0 Å². The molecule has 6 rings (SSSR count). The monoisotopic (exact) mass is 1050 g/mol. The number of amides is 2. The summed E-state index contributed by atoms with van der Waals surface area (Å²) in [5, 5.41) is 9.88. The number of amidine groups is 2. The summed E-state index contributed by atoms with van der Waals surface area (Å²) in [6.07, 6.45) is 12.2. The smallest absolute Gasteiger partial charge is 0.250 e. The summed E-state index contributed by atoms with van der Waals surface area (Å²) in [6.45, 7) is 15.3. The van der Waals surface area contributed by atoms with Gasteiger partial charge in [-0.05, 0) is 134 Å². The molecule has 14 nitrogen and oxygen atoms in total. The lowest BCUT2D eigenvalue weighted by Gasteiger charge is -2.23. The van der Waals surface area contributed by atoms with Gasteiger partial charge in [0.1, 0.15) is 17.5 Å². The summed E-state index contributed by atoms with van der Waals surface area (Å²) < 4.78 is 16.4. The van der Waals surface area contributed by atoms with Crippen molar-refractivity contribution in [3.05, 3.63) is 127 Å². The molecule has 0 radical (unpaired) electrons. The van der Waals surface area contributed by atoms with Gasteiger partial charge in [0, 0.05) is 111 Å². The van der Waals surface area contributed by atoms with Gasteiger partial charge in [-0.25, -0.2) is 14.4 Å². The summed E-state index contributed by atoms with van der Waals surface area (Å²) in [7, 11) is 3.75. The third kappa shape index (κ3) is 14.6. The Bertz CT molecular complexity index is 2990. The number of aliphatic hydroxyl groups is 1. The maximum atomic E-state index is 16.4. The SMILES string of the molecule is CCCN(CCC)C(=O)C1=Cc2c(Cl)cc(-c3ccc(C=O)c(/C=C(/C)N(C)CCONC4=Nc5cc(-c6ccc(C=O)c(/C=C(/C)N(C)CCO)c6)cc(F)c5C=C(C(=O)N(CCC)CCC)C4)c3)cc2N=C(N)C1. The molecule has 402 valence electrons. The van der Waals surface area contributed by atoms with Crippen molar-refractivity contribution in [2.75, 3.05) is 66.6 Å². The molecule has 0 bridgehead atoms. The highest BCUT2D eigenvalue weighted by Gasteiger charge is 2.26. The number of fused-ring (bicyclic) bond motifs is 2. The maximum absolute atomic E-state index is 16.4. The topological polar surface area (TPSA) is 173 Å². The predicted molar refractivity (Wildman–Crippen MR) is 306 cm³/mol. The highest BCUT2D eigenvalue weighted by atomic mass is 35.5. The van der Waals surface area contributed by atoms with Gasteiger partial charge in [-0.2, -0.15) is 0 Å². The van der Waals surface area contributed by atoms with Crippen LogP contribution in [0.5, 0.6) is 0 Å². The lowest BCUT2D eigenvalue weighted by Crippen LogP contribution is -2.35. The highest BCUT2D eigenvalue weighted by molar-refractivity contribution is 6.33. The molecule has 2 aliphatic heterocycles. The predicted octanol–water partition coefficient (Wildman–Crippen LogP) is 11.1. The Kier molecular flexibility index (Phi) is 21.0. The number of aliphatic hydroxyl groups excluding tert-OH is 1. The number of likely N-dealkylation sites (N-methyl/N-ethyl adjacent to an activating group) is 2.